The number of anilines is 1. The van der Waals surface area contributed by atoms with E-state index < -0.39 is 0 Å². The predicted molar refractivity (Wildman–Crippen MR) is 104 cm³/mol. The highest BCUT2D eigenvalue weighted by Crippen LogP contribution is 2.32. The quantitative estimate of drug-likeness (QED) is 0.595. The van der Waals surface area contributed by atoms with Gasteiger partial charge < -0.3 is 0 Å². The second-order valence-electron chi connectivity index (χ2n) is 5.16. The summed E-state index contributed by atoms with van der Waals surface area (Å²) < 4.78 is 1.37. The monoisotopic (exact) mass is 420 g/mol. The first-order valence-electron chi connectivity index (χ1n) is 7.05. The minimum absolute atomic E-state index is 0.215. The van der Waals surface area contributed by atoms with Gasteiger partial charge in [0.05, 0.1) is 4.91 Å². The number of nitrogens with one attached hydrogen (secondary N) is 1. The van der Waals surface area contributed by atoms with Gasteiger partial charge in [0, 0.05) is 15.9 Å². The second-order valence-corrected chi connectivity index (χ2v) is 7.75. The van der Waals surface area contributed by atoms with Crippen LogP contribution >= 0.6 is 39.9 Å². The van der Waals surface area contributed by atoms with Crippen LogP contribution in [0.15, 0.2) is 39.7 Å². The van der Waals surface area contributed by atoms with E-state index in [1.807, 2.05) is 50.3 Å². The van der Waals surface area contributed by atoms with Crippen LogP contribution in [0.4, 0.5) is 5.95 Å². The summed E-state index contributed by atoms with van der Waals surface area (Å²) in [6.45, 7) is 3.74. The molecule has 5 nitrogen and oxygen atoms in total. The number of rotatable bonds is 3. The Balaban J connectivity index is 1.84. The van der Waals surface area contributed by atoms with Crippen LogP contribution in [0.3, 0.4) is 0 Å². The van der Waals surface area contributed by atoms with Crippen molar-refractivity contribution in [2.24, 2.45) is 0 Å². The molecule has 1 aromatic carbocycles. The molecule has 1 amide bonds. The van der Waals surface area contributed by atoms with E-state index in [-0.39, 0.29) is 5.91 Å². The Morgan fingerprint density at radius 2 is 1.96 bits per heavy atom. The fourth-order valence-electron chi connectivity index (χ4n) is 2.19. The Kier molecular flexibility index (Phi) is 4.98. The number of halogens is 1. The van der Waals surface area contributed by atoms with Crippen molar-refractivity contribution in [1.82, 2.24) is 15.0 Å². The minimum atomic E-state index is -0.215. The fraction of sp³-hybridized carbons (Fsp3) is 0.125. The van der Waals surface area contributed by atoms with Crippen molar-refractivity contribution in [3.8, 4) is 0 Å². The summed E-state index contributed by atoms with van der Waals surface area (Å²) in [7, 11) is 0. The van der Waals surface area contributed by atoms with Gasteiger partial charge in [0.25, 0.3) is 5.91 Å². The zero-order valence-electron chi connectivity index (χ0n) is 12.9. The van der Waals surface area contributed by atoms with Gasteiger partial charge in [-0.15, -0.1) is 0 Å². The lowest BCUT2D eigenvalue weighted by molar-refractivity contribution is -0.121. The number of carbonyl (C=O) groups excluding carboxylic acids is 1. The molecule has 0 bridgehead atoms. The Bertz CT molecular complexity index is 849. The molecule has 1 aliphatic heterocycles. The van der Waals surface area contributed by atoms with Crippen LogP contribution in [0.2, 0.25) is 0 Å². The molecule has 0 spiro atoms. The minimum Gasteiger partial charge on any atom is -0.266 e. The van der Waals surface area contributed by atoms with Crippen LogP contribution in [-0.4, -0.2) is 25.2 Å². The first-order valence-corrected chi connectivity index (χ1v) is 9.06. The third kappa shape index (κ3) is 3.82. The summed E-state index contributed by atoms with van der Waals surface area (Å²) in [6.07, 6.45) is 1.81. The molecule has 3 rings (SSSR count). The van der Waals surface area contributed by atoms with Crippen molar-refractivity contribution < 1.29 is 4.79 Å². The second kappa shape index (κ2) is 7.00. The highest BCUT2D eigenvalue weighted by atomic mass is 79.9. The molecule has 0 aliphatic carbocycles. The highest BCUT2D eigenvalue weighted by molar-refractivity contribution is 9.10. The van der Waals surface area contributed by atoms with E-state index in [0.717, 1.165) is 21.4 Å². The Hall–Kier alpha value is -1.77. The van der Waals surface area contributed by atoms with Crippen LogP contribution in [-0.2, 0) is 4.79 Å². The van der Waals surface area contributed by atoms with Gasteiger partial charge in [-0.2, -0.15) is 5.01 Å². The van der Waals surface area contributed by atoms with E-state index in [9.17, 15) is 4.79 Å². The lowest BCUT2D eigenvalue weighted by Gasteiger charge is -2.15. The fourth-order valence-corrected chi connectivity index (χ4v) is 3.78. The molecule has 1 fully saturated rings. The zero-order valence-corrected chi connectivity index (χ0v) is 16.1. The van der Waals surface area contributed by atoms with Crippen molar-refractivity contribution in [1.29, 1.82) is 0 Å². The van der Waals surface area contributed by atoms with Gasteiger partial charge in [0.2, 0.25) is 5.95 Å². The average molecular weight is 421 g/mol. The maximum absolute atomic E-state index is 12.6. The van der Waals surface area contributed by atoms with Crippen molar-refractivity contribution in [2.45, 2.75) is 13.8 Å². The number of hydrogen-bond donors (Lipinski definition) is 1. The van der Waals surface area contributed by atoms with Crippen LogP contribution in [0, 0.1) is 13.8 Å². The van der Waals surface area contributed by atoms with E-state index in [2.05, 4.69) is 31.3 Å². The number of carbonyl (C=O) groups is 1. The lowest BCUT2D eigenvalue weighted by atomic mass is 10.2. The summed E-state index contributed by atoms with van der Waals surface area (Å²) >= 11 is 9.97. The summed E-state index contributed by atoms with van der Waals surface area (Å²) in [5.74, 6) is 0.139. The Morgan fingerprint density at radius 1 is 1.25 bits per heavy atom. The van der Waals surface area contributed by atoms with Crippen LogP contribution < -0.4 is 5.43 Å². The SMILES string of the molecule is Cc1cc(C)nc(NN2C(=O)C(=Cc3cccc(Br)c3)SC2=S)n1. The average Bonchev–Trinajstić information content (AvgIpc) is 2.74. The molecule has 0 atom stereocenters. The molecule has 2 heterocycles. The smallest absolute Gasteiger partial charge is 0.266 e. The first kappa shape index (κ1) is 17.1. The van der Waals surface area contributed by atoms with Crippen molar-refractivity contribution in [3.05, 3.63) is 56.7 Å². The molecule has 1 aromatic heterocycles. The number of amides is 1. The maximum atomic E-state index is 12.6. The van der Waals surface area contributed by atoms with Crippen LogP contribution in [0.1, 0.15) is 17.0 Å². The zero-order chi connectivity index (χ0) is 17.3. The largest absolute Gasteiger partial charge is 0.285 e. The van der Waals surface area contributed by atoms with Crippen molar-refractivity contribution >= 4 is 62.2 Å². The van der Waals surface area contributed by atoms with E-state index >= 15 is 0 Å². The van der Waals surface area contributed by atoms with Gasteiger partial charge >= 0.3 is 0 Å². The summed E-state index contributed by atoms with van der Waals surface area (Å²) in [5.41, 5.74) is 5.46. The lowest BCUT2D eigenvalue weighted by Crippen LogP contribution is -2.34. The number of hydrogen-bond acceptors (Lipinski definition) is 6. The third-order valence-corrected chi connectivity index (χ3v) is 4.93. The van der Waals surface area contributed by atoms with Gasteiger partial charge in [0.1, 0.15) is 0 Å². The van der Waals surface area contributed by atoms with E-state index in [1.54, 1.807) is 0 Å². The Morgan fingerprint density at radius 3 is 2.62 bits per heavy atom. The number of thioether (sulfide) groups is 1. The topological polar surface area (TPSA) is 58.1 Å². The highest BCUT2D eigenvalue weighted by Gasteiger charge is 2.33. The number of benzene rings is 1. The molecule has 24 heavy (non-hydrogen) atoms. The number of nitrogens with zero attached hydrogens (tertiary/aromatic N) is 3. The van der Waals surface area contributed by atoms with Gasteiger partial charge in [-0.25, -0.2) is 9.97 Å². The number of aryl methyl sites for hydroxylation is 2. The summed E-state index contributed by atoms with van der Waals surface area (Å²) in [6, 6.07) is 9.58. The van der Waals surface area contributed by atoms with Crippen LogP contribution in [0.25, 0.3) is 6.08 Å². The molecule has 1 aliphatic rings. The summed E-state index contributed by atoms with van der Waals surface area (Å²) in [4.78, 5) is 21.7. The first-order chi connectivity index (χ1) is 11.4. The Labute approximate surface area is 157 Å². The maximum Gasteiger partial charge on any atom is 0.285 e. The van der Waals surface area contributed by atoms with Gasteiger partial charge in [-0.1, -0.05) is 39.8 Å². The number of thiocarbonyl (C=S) groups is 1. The summed E-state index contributed by atoms with van der Waals surface area (Å²) in [5, 5.41) is 1.30. The van der Waals surface area contributed by atoms with Crippen molar-refractivity contribution in [3.63, 3.8) is 0 Å². The van der Waals surface area contributed by atoms with E-state index in [4.69, 9.17) is 12.2 Å². The van der Waals surface area contributed by atoms with Gasteiger partial charge in [-0.05, 0) is 55.9 Å². The number of hydrazine groups is 1. The molecule has 0 saturated carbocycles. The van der Waals surface area contributed by atoms with Crippen molar-refractivity contribution in [2.75, 3.05) is 5.43 Å². The molecule has 1 saturated heterocycles. The molecule has 2 aromatic rings. The van der Waals surface area contributed by atoms with E-state index in [1.165, 1.54) is 16.8 Å². The normalized spacial score (nSPS) is 16.1. The standard InChI is InChI=1S/C16H13BrN4OS2/c1-9-6-10(2)19-15(18-9)20-21-14(22)13(24-16(21)23)8-11-4-3-5-12(17)7-11/h3-8H,1-2H3,(H,18,19,20). The molecule has 8 heteroatoms. The van der Waals surface area contributed by atoms with Crippen LogP contribution in [0.5, 0.6) is 0 Å². The molecular weight excluding hydrogens is 408 g/mol. The third-order valence-electron chi connectivity index (χ3n) is 3.13. The van der Waals surface area contributed by atoms with E-state index in [0.29, 0.717) is 15.2 Å². The molecule has 122 valence electrons. The molecule has 0 radical (unpaired) electrons. The van der Waals surface area contributed by atoms with Gasteiger partial charge in [-0.3, -0.25) is 10.2 Å². The number of aromatic nitrogens is 2. The predicted octanol–water partition coefficient (Wildman–Crippen LogP) is 4.08. The molecular formula is C16H13BrN4OS2. The molecule has 1 N–H and O–H groups in total. The van der Waals surface area contributed by atoms with Gasteiger partial charge in [0.15, 0.2) is 4.32 Å². The molecule has 0 unspecified atom stereocenters.